The monoisotopic (exact) mass is 213 g/mol. The van der Waals surface area contributed by atoms with Crippen LogP contribution in [0, 0.1) is 5.92 Å². The molecule has 0 aromatic heterocycles. The highest BCUT2D eigenvalue weighted by Crippen LogP contribution is 2.18. The molecule has 0 spiro atoms. The van der Waals surface area contributed by atoms with Crippen LogP contribution in [0.5, 0.6) is 0 Å². The van der Waals surface area contributed by atoms with Crippen molar-refractivity contribution >= 4 is 24.4 Å². The summed E-state index contributed by atoms with van der Waals surface area (Å²) in [5.41, 5.74) is 0. The fraction of sp³-hybridized carbons (Fsp3) is 0.600. The van der Waals surface area contributed by atoms with Crippen LogP contribution in [0.15, 0.2) is 12.2 Å². The van der Waals surface area contributed by atoms with E-state index in [-0.39, 0.29) is 17.7 Å². The Bertz CT molecular complexity index is 245. The molecule has 1 fully saturated rings. The average Bonchev–Trinajstić information content (AvgIpc) is 2.09. The lowest BCUT2D eigenvalue weighted by Gasteiger charge is -2.27. The van der Waals surface area contributed by atoms with Crippen molar-refractivity contribution in [3.63, 3.8) is 0 Å². The van der Waals surface area contributed by atoms with Gasteiger partial charge in [0.25, 0.3) is 0 Å². The number of carbonyl (C=O) groups excluding carboxylic acids is 2. The number of rotatable bonds is 3. The first-order valence-electron chi connectivity index (χ1n) is 4.74. The summed E-state index contributed by atoms with van der Waals surface area (Å²) in [6.07, 6.45) is 4.61. The number of piperidine rings is 1. The number of thiol groups is 1. The van der Waals surface area contributed by atoms with Gasteiger partial charge in [0.2, 0.25) is 11.8 Å². The Labute approximate surface area is 89.6 Å². The van der Waals surface area contributed by atoms with Crippen LogP contribution in [-0.4, -0.2) is 29.0 Å². The van der Waals surface area contributed by atoms with Crippen molar-refractivity contribution in [2.45, 2.75) is 19.8 Å². The first-order valence-corrected chi connectivity index (χ1v) is 5.37. The fourth-order valence-corrected chi connectivity index (χ4v) is 1.64. The molecule has 4 heteroatoms. The summed E-state index contributed by atoms with van der Waals surface area (Å²) in [5, 5.41) is 0. The topological polar surface area (TPSA) is 37.4 Å². The Kier molecular flexibility index (Phi) is 4.20. The third-order valence-corrected chi connectivity index (χ3v) is 2.42. The first-order chi connectivity index (χ1) is 6.65. The van der Waals surface area contributed by atoms with Crippen LogP contribution in [0.2, 0.25) is 0 Å². The Balaban J connectivity index is 2.54. The minimum atomic E-state index is -0.0578. The van der Waals surface area contributed by atoms with Crippen LogP contribution in [0.25, 0.3) is 0 Å². The molecule has 0 bridgehead atoms. The summed E-state index contributed by atoms with van der Waals surface area (Å²) in [6, 6.07) is 0. The number of hydrogen-bond acceptors (Lipinski definition) is 3. The quantitative estimate of drug-likeness (QED) is 0.435. The lowest BCUT2D eigenvalue weighted by Crippen LogP contribution is -2.42. The zero-order chi connectivity index (χ0) is 10.6. The van der Waals surface area contributed by atoms with E-state index in [0.717, 1.165) is 0 Å². The molecule has 1 saturated heterocycles. The normalized spacial score (nSPS) is 19.7. The largest absolute Gasteiger partial charge is 0.279 e. The molecule has 0 aromatic carbocycles. The number of hydrogen-bond donors (Lipinski definition) is 1. The van der Waals surface area contributed by atoms with Gasteiger partial charge in [0.05, 0.1) is 0 Å². The second kappa shape index (κ2) is 5.20. The van der Waals surface area contributed by atoms with Gasteiger partial charge in [-0.05, 0) is 5.92 Å². The van der Waals surface area contributed by atoms with Crippen LogP contribution in [-0.2, 0) is 9.59 Å². The summed E-state index contributed by atoms with van der Waals surface area (Å²) < 4.78 is 0. The van der Waals surface area contributed by atoms with E-state index in [1.807, 2.05) is 13.0 Å². The molecule has 1 heterocycles. The molecule has 0 aliphatic carbocycles. The maximum absolute atomic E-state index is 11.5. The predicted octanol–water partition coefficient (Wildman–Crippen LogP) is 1.26. The Hall–Kier alpha value is -0.770. The van der Waals surface area contributed by atoms with Crippen molar-refractivity contribution < 1.29 is 9.59 Å². The average molecular weight is 213 g/mol. The van der Waals surface area contributed by atoms with E-state index in [1.165, 1.54) is 4.90 Å². The molecule has 1 aliphatic heterocycles. The van der Waals surface area contributed by atoms with Crippen molar-refractivity contribution in [3.8, 4) is 0 Å². The summed E-state index contributed by atoms with van der Waals surface area (Å²) in [5.74, 6) is 0.710. The first kappa shape index (κ1) is 11.3. The second-order valence-electron chi connectivity index (χ2n) is 3.57. The molecule has 3 nitrogen and oxygen atoms in total. The smallest absolute Gasteiger partial charge is 0.229 e. The number of carbonyl (C=O) groups is 2. The van der Waals surface area contributed by atoms with Gasteiger partial charge in [-0.2, -0.15) is 12.6 Å². The number of nitrogens with zero attached hydrogens (tertiary/aromatic N) is 1. The van der Waals surface area contributed by atoms with Crippen molar-refractivity contribution in [1.82, 2.24) is 4.90 Å². The maximum Gasteiger partial charge on any atom is 0.229 e. The van der Waals surface area contributed by atoms with Crippen LogP contribution in [0.4, 0.5) is 0 Å². The molecule has 0 aromatic rings. The molecule has 0 N–H and O–H groups in total. The van der Waals surface area contributed by atoms with Crippen LogP contribution >= 0.6 is 12.6 Å². The summed E-state index contributed by atoms with van der Waals surface area (Å²) >= 11 is 4.00. The minimum Gasteiger partial charge on any atom is -0.279 e. The van der Waals surface area contributed by atoms with Crippen LogP contribution < -0.4 is 0 Å². The van der Waals surface area contributed by atoms with E-state index < -0.39 is 0 Å². The van der Waals surface area contributed by atoms with Crippen LogP contribution in [0.1, 0.15) is 19.8 Å². The number of likely N-dealkylation sites (tertiary alicyclic amines) is 1. The third-order valence-electron chi connectivity index (χ3n) is 2.21. The molecule has 2 amide bonds. The van der Waals surface area contributed by atoms with Crippen molar-refractivity contribution in [1.29, 1.82) is 0 Å². The van der Waals surface area contributed by atoms with E-state index in [9.17, 15) is 9.59 Å². The summed E-state index contributed by atoms with van der Waals surface area (Å²) in [7, 11) is 0. The Morgan fingerprint density at radius 1 is 1.36 bits per heavy atom. The van der Waals surface area contributed by atoms with E-state index in [2.05, 4.69) is 12.6 Å². The highest BCUT2D eigenvalue weighted by atomic mass is 32.1. The van der Waals surface area contributed by atoms with Gasteiger partial charge in [-0.25, -0.2) is 0 Å². The van der Waals surface area contributed by atoms with Gasteiger partial charge in [0.15, 0.2) is 0 Å². The van der Waals surface area contributed by atoms with Gasteiger partial charge in [-0.3, -0.25) is 14.5 Å². The molecular weight excluding hydrogens is 198 g/mol. The van der Waals surface area contributed by atoms with Gasteiger partial charge < -0.3 is 0 Å². The zero-order valence-corrected chi connectivity index (χ0v) is 9.17. The zero-order valence-electron chi connectivity index (χ0n) is 8.27. The van der Waals surface area contributed by atoms with Gasteiger partial charge in [0.1, 0.15) is 0 Å². The highest BCUT2D eigenvalue weighted by Gasteiger charge is 2.28. The van der Waals surface area contributed by atoms with Crippen molar-refractivity contribution in [2.24, 2.45) is 5.92 Å². The van der Waals surface area contributed by atoms with Crippen molar-refractivity contribution in [2.75, 3.05) is 12.3 Å². The lowest BCUT2D eigenvalue weighted by atomic mass is 9.98. The molecule has 0 saturated carbocycles. The van der Waals surface area contributed by atoms with Crippen LogP contribution in [0.3, 0.4) is 0 Å². The summed E-state index contributed by atoms with van der Waals surface area (Å²) in [6.45, 7) is 2.32. The molecule has 0 atom stereocenters. The van der Waals surface area contributed by atoms with E-state index in [4.69, 9.17) is 0 Å². The molecule has 78 valence electrons. The highest BCUT2D eigenvalue weighted by molar-refractivity contribution is 7.80. The molecule has 0 radical (unpaired) electrons. The van der Waals surface area contributed by atoms with Gasteiger partial charge in [-0.15, -0.1) is 0 Å². The SMILES string of the molecule is CC1CC(=O)N(CC=CCS)C(=O)C1. The fourth-order valence-electron chi connectivity index (χ4n) is 1.49. The Morgan fingerprint density at radius 2 is 1.93 bits per heavy atom. The number of imide groups is 1. The lowest BCUT2D eigenvalue weighted by molar-refractivity contribution is -0.148. The second-order valence-corrected chi connectivity index (χ2v) is 3.93. The van der Waals surface area contributed by atoms with Gasteiger partial charge in [-0.1, -0.05) is 19.1 Å². The maximum atomic E-state index is 11.5. The van der Waals surface area contributed by atoms with E-state index in [0.29, 0.717) is 25.1 Å². The standard InChI is InChI=1S/C10H15NO2S/c1-8-6-9(12)11(10(13)7-8)4-2-3-5-14/h2-3,8,14H,4-7H2,1H3. The van der Waals surface area contributed by atoms with Crippen molar-refractivity contribution in [3.05, 3.63) is 12.2 Å². The predicted molar refractivity (Wildman–Crippen MR) is 58.1 cm³/mol. The van der Waals surface area contributed by atoms with Gasteiger partial charge >= 0.3 is 0 Å². The Morgan fingerprint density at radius 3 is 2.43 bits per heavy atom. The van der Waals surface area contributed by atoms with Gasteiger partial charge in [0, 0.05) is 25.1 Å². The van der Waals surface area contributed by atoms with E-state index in [1.54, 1.807) is 6.08 Å². The number of amides is 2. The third kappa shape index (κ3) is 2.87. The summed E-state index contributed by atoms with van der Waals surface area (Å²) in [4.78, 5) is 24.2. The molecular formula is C10H15NO2S. The molecule has 0 unspecified atom stereocenters. The molecule has 14 heavy (non-hydrogen) atoms. The molecule has 1 aliphatic rings. The minimum absolute atomic E-state index is 0.0578. The van der Waals surface area contributed by atoms with E-state index >= 15 is 0 Å². The molecule has 1 rings (SSSR count).